The SMILES string of the molecule is COc1ccc([C@@H](NC(=O)CNC[C@H]2CN(C)CCO2)C2CC2)cc1. The second-order valence-electron chi connectivity index (χ2n) is 7.04. The van der Waals surface area contributed by atoms with Crippen molar-refractivity contribution in [3.05, 3.63) is 29.8 Å². The Morgan fingerprint density at radius 3 is 2.76 bits per heavy atom. The molecule has 1 aliphatic carbocycles. The van der Waals surface area contributed by atoms with Crippen LogP contribution in [0.15, 0.2) is 24.3 Å². The number of amides is 1. The molecule has 25 heavy (non-hydrogen) atoms. The van der Waals surface area contributed by atoms with Crippen molar-refractivity contribution in [2.45, 2.75) is 25.0 Å². The molecule has 0 spiro atoms. The highest BCUT2D eigenvalue weighted by molar-refractivity contribution is 5.78. The number of ether oxygens (including phenoxy) is 2. The molecule has 1 saturated heterocycles. The molecule has 1 amide bonds. The molecule has 1 aromatic carbocycles. The fourth-order valence-corrected chi connectivity index (χ4v) is 3.28. The third-order valence-electron chi connectivity index (χ3n) is 4.88. The van der Waals surface area contributed by atoms with E-state index in [-0.39, 0.29) is 18.1 Å². The van der Waals surface area contributed by atoms with Crippen molar-refractivity contribution in [2.75, 3.05) is 46.9 Å². The summed E-state index contributed by atoms with van der Waals surface area (Å²) in [6.45, 7) is 3.67. The summed E-state index contributed by atoms with van der Waals surface area (Å²) in [5, 5.41) is 6.41. The summed E-state index contributed by atoms with van der Waals surface area (Å²) >= 11 is 0. The highest BCUT2D eigenvalue weighted by atomic mass is 16.5. The zero-order valence-corrected chi connectivity index (χ0v) is 15.2. The predicted molar refractivity (Wildman–Crippen MR) is 96.7 cm³/mol. The number of likely N-dealkylation sites (N-methyl/N-ethyl adjacent to an activating group) is 1. The summed E-state index contributed by atoms with van der Waals surface area (Å²) in [6, 6.07) is 8.08. The zero-order valence-electron chi connectivity index (χ0n) is 15.2. The van der Waals surface area contributed by atoms with Gasteiger partial charge in [0.15, 0.2) is 0 Å². The Balaban J connectivity index is 1.46. The molecule has 2 fully saturated rings. The lowest BCUT2D eigenvalue weighted by Crippen LogP contribution is -2.46. The van der Waals surface area contributed by atoms with E-state index in [0.29, 0.717) is 19.0 Å². The van der Waals surface area contributed by atoms with E-state index in [1.807, 2.05) is 24.3 Å². The Morgan fingerprint density at radius 2 is 2.12 bits per heavy atom. The van der Waals surface area contributed by atoms with Gasteiger partial charge in [-0.3, -0.25) is 4.79 Å². The van der Waals surface area contributed by atoms with Gasteiger partial charge in [-0.15, -0.1) is 0 Å². The van der Waals surface area contributed by atoms with E-state index in [0.717, 1.165) is 31.0 Å². The number of rotatable bonds is 8. The van der Waals surface area contributed by atoms with Crippen LogP contribution in [0.4, 0.5) is 0 Å². The summed E-state index contributed by atoms with van der Waals surface area (Å²) in [6.07, 6.45) is 2.51. The fourth-order valence-electron chi connectivity index (χ4n) is 3.28. The van der Waals surface area contributed by atoms with Crippen molar-refractivity contribution in [1.29, 1.82) is 0 Å². The minimum atomic E-state index is 0.0388. The first-order valence-corrected chi connectivity index (χ1v) is 9.10. The molecule has 6 heteroatoms. The Morgan fingerprint density at radius 1 is 1.36 bits per heavy atom. The third-order valence-corrected chi connectivity index (χ3v) is 4.88. The average molecular weight is 347 g/mol. The Hall–Kier alpha value is -1.63. The van der Waals surface area contributed by atoms with Gasteiger partial charge >= 0.3 is 0 Å². The van der Waals surface area contributed by atoms with E-state index >= 15 is 0 Å². The van der Waals surface area contributed by atoms with E-state index in [2.05, 4.69) is 22.6 Å². The highest BCUT2D eigenvalue weighted by Crippen LogP contribution is 2.41. The van der Waals surface area contributed by atoms with Crippen LogP contribution in [0.1, 0.15) is 24.4 Å². The molecule has 2 N–H and O–H groups in total. The monoisotopic (exact) mass is 347 g/mol. The second kappa shape index (κ2) is 8.65. The van der Waals surface area contributed by atoms with E-state index in [9.17, 15) is 4.79 Å². The van der Waals surface area contributed by atoms with Gasteiger partial charge in [0.05, 0.1) is 32.4 Å². The average Bonchev–Trinajstić information content (AvgIpc) is 3.45. The van der Waals surface area contributed by atoms with Gasteiger partial charge in [0.1, 0.15) is 5.75 Å². The van der Waals surface area contributed by atoms with Crippen LogP contribution < -0.4 is 15.4 Å². The Labute approximate surface area is 149 Å². The van der Waals surface area contributed by atoms with Gasteiger partial charge in [-0.2, -0.15) is 0 Å². The molecule has 0 bridgehead atoms. The van der Waals surface area contributed by atoms with E-state index in [4.69, 9.17) is 9.47 Å². The molecule has 3 rings (SSSR count). The molecular formula is C19H29N3O3. The maximum absolute atomic E-state index is 12.3. The van der Waals surface area contributed by atoms with Crippen molar-refractivity contribution in [3.8, 4) is 5.75 Å². The molecule has 1 heterocycles. The first-order chi connectivity index (χ1) is 12.2. The standard InChI is InChI=1S/C19H29N3O3/c1-22-9-10-25-17(13-22)11-20-12-18(23)21-19(14-3-4-14)15-5-7-16(24-2)8-6-15/h5-8,14,17,19-20H,3-4,9-13H2,1-2H3,(H,21,23)/t17-,19-/m0/s1. The molecule has 138 valence electrons. The Bertz CT molecular complexity index is 560. The van der Waals surface area contributed by atoms with Crippen LogP contribution in [0.3, 0.4) is 0 Å². The van der Waals surface area contributed by atoms with Gasteiger partial charge in [0, 0.05) is 19.6 Å². The molecule has 1 aliphatic heterocycles. The molecule has 6 nitrogen and oxygen atoms in total. The van der Waals surface area contributed by atoms with Crippen molar-refractivity contribution < 1.29 is 14.3 Å². The smallest absolute Gasteiger partial charge is 0.234 e. The summed E-state index contributed by atoms with van der Waals surface area (Å²) in [5.41, 5.74) is 1.15. The van der Waals surface area contributed by atoms with Gasteiger partial charge in [-0.25, -0.2) is 0 Å². The molecule has 0 radical (unpaired) electrons. The number of carbonyl (C=O) groups is 1. The minimum Gasteiger partial charge on any atom is -0.497 e. The van der Waals surface area contributed by atoms with Crippen LogP contribution >= 0.6 is 0 Å². The third kappa shape index (κ3) is 5.42. The maximum Gasteiger partial charge on any atom is 0.234 e. The largest absolute Gasteiger partial charge is 0.497 e. The van der Waals surface area contributed by atoms with Crippen molar-refractivity contribution in [2.24, 2.45) is 5.92 Å². The second-order valence-corrected chi connectivity index (χ2v) is 7.04. The number of nitrogens with one attached hydrogen (secondary N) is 2. The first-order valence-electron chi connectivity index (χ1n) is 9.10. The lowest BCUT2D eigenvalue weighted by molar-refractivity contribution is -0.121. The molecule has 0 aromatic heterocycles. The van der Waals surface area contributed by atoms with Crippen LogP contribution in [0.5, 0.6) is 5.75 Å². The van der Waals surface area contributed by atoms with E-state index in [1.54, 1.807) is 7.11 Å². The quantitative estimate of drug-likeness (QED) is 0.739. The molecule has 2 aliphatic rings. The summed E-state index contributed by atoms with van der Waals surface area (Å²) < 4.78 is 10.9. The molecule has 0 unspecified atom stereocenters. The number of hydrogen-bond acceptors (Lipinski definition) is 5. The van der Waals surface area contributed by atoms with Crippen molar-refractivity contribution in [1.82, 2.24) is 15.5 Å². The Kier molecular flexibility index (Phi) is 6.29. The van der Waals surface area contributed by atoms with Gasteiger partial charge in [0.25, 0.3) is 0 Å². The van der Waals surface area contributed by atoms with Crippen LogP contribution in [-0.4, -0.2) is 63.9 Å². The molecule has 1 aromatic rings. The summed E-state index contributed by atoms with van der Waals surface area (Å²) in [5.74, 6) is 1.42. The number of carbonyl (C=O) groups excluding carboxylic acids is 1. The topological polar surface area (TPSA) is 62.8 Å². The van der Waals surface area contributed by atoms with E-state index < -0.39 is 0 Å². The lowest BCUT2D eigenvalue weighted by atomic mass is 10.0. The number of benzene rings is 1. The van der Waals surface area contributed by atoms with Gasteiger partial charge < -0.3 is 25.0 Å². The van der Waals surface area contributed by atoms with Gasteiger partial charge in [0.2, 0.25) is 5.91 Å². The number of hydrogen-bond donors (Lipinski definition) is 2. The van der Waals surface area contributed by atoms with Crippen LogP contribution in [-0.2, 0) is 9.53 Å². The van der Waals surface area contributed by atoms with Gasteiger partial charge in [-0.05, 0) is 43.5 Å². The lowest BCUT2D eigenvalue weighted by Gasteiger charge is -2.30. The zero-order chi connectivity index (χ0) is 17.6. The van der Waals surface area contributed by atoms with Crippen molar-refractivity contribution in [3.63, 3.8) is 0 Å². The normalized spacial score (nSPS) is 22.4. The summed E-state index contributed by atoms with van der Waals surface area (Å²) in [7, 11) is 3.76. The first kappa shape index (κ1) is 18.2. The van der Waals surface area contributed by atoms with Crippen LogP contribution in [0.2, 0.25) is 0 Å². The number of nitrogens with zero attached hydrogens (tertiary/aromatic N) is 1. The molecule has 2 atom stereocenters. The van der Waals surface area contributed by atoms with Gasteiger partial charge in [-0.1, -0.05) is 12.1 Å². The molecule has 1 saturated carbocycles. The van der Waals surface area contributed by atoms with Crippen LogP contribution in [0, 0.1) is 5.92 Å². The predicted octanol–water partition coefficient (Wildman–Crippen LogP) is 1.18. The number of morpholine rings is 1. The van der Waals surface area contributed by atoms with E-state index in [1.165, 1.54) is 12.8 Å². The number of methoxy groups -OCH3 is 1. The molecular weight excluding hydrogens is 318 g/mol. The highest BCUT2D eigenvalue weighted by Gasteiger charge is 2.33. The van der Waals surface area contributed by atoms with Crippen molar-refractivity contribution >= 4 is 5.91 Å². The fraction of sp³-hybridized carbons (Fsp3) is 0.632. The maximum atomic E-state index is 12.3. The van der Waals surface area contributed by atoms with Crippen LogP contribution in [0.25, 0.3) is 0 Å². The minimum absolute atomic E-state index is 0.0388. The summed E-state index contributed by atoms with van der Waals surface area (Å²) in [4.78, 5) is 14.6.